The predicted octanol–water partition coefficient (Wildman–Crippen LogP) is 4.46. The van der Waals surface area contributed by atoms with Crippen LogP contribution < -0.4 is 5.32 Å². The fraction of sp³-hybridized carbons (Fsp3) is 0.400. The van der Waals surface area contributed by atoms with Crippen molar-refractivity contribution in [3.05, 3.63) is 57.9 Å². The van der Waals surface area contributed by atoms with Crippen LogP contribution in [0.5, 0.6) is 0 Å². The van der Waals surface area contributed by atoms with Gasteiger partial charge in [-0.2, -0.15) is 5.10 Å². The minimum absolute atomic E-state index is 0.0946. The molecular formula is C20H24ClN3O. The lowest BCUT2D eigenvalue weighted by Crippen LogP contribution is -2.25. The van der Waals surface area contributed by atoms with Gasteiger partial charge < -0.3 is 5.32 Å². The van der Waals surface area contributed by atoms with Crippen molar-refractivity contribution in [2.45, 2.75) is 52.1 Å². The number of hydrogen-bond donors (Lipinski definition) is 1. The Balaban J connectivity index is 1.67. The van der Waals surface area contributed by atoms with Gasteiger partial charge in [-0.3, -0.25) is 9.48 Å². The number of hydrogen-bond acceptors (Lipinski definition) is 2. The summed E-state index contributed by atoms with van der Waals surface area (Å²) in [4.78, 5) is 12.3. The zero-order valence-electron chi connectivity index (χ0n) is 14.8. The maximum atomic E-state index is 12.3. The number of benzene rings is 1. The summed E-state index contributed by atoms with van der Waals surface area (Å²) in [5.41, 5.74) is 4.22. The Morgan fingerprint density at radius 3 is 3.04 bits per heavy atom. The van der Waals surface area contributed by atoms with Gasteiger partial charge in [-0.05, 0) is 43.4 Å². The molecule has 1 atom stereocenters. The lowest BCUT2D eigenvalue weighted by atomic mass is 10.1. The van der Waals surface area contributed by atoms with Gasteiger partial charge in [-0.25, -0.2) is 0 Å². The Hall–Kier alpha value is -2.07. The third kappa shape index (κ3) is 3.96. The van der Waals surface area contributed by atoms with E-state index in [1.54, 1.807) is 12.2 Å². The largest absolute Gasteiger partial charge is 0.346 e. The Kier molecular flexibility index (Phi) is 5.59. The van der Waals surface area contributed by atoms with Gasteiger partial charge in [0.15, 0.2) is 0 Å². The summed E-state index contributed by atoms with van der Waals surface area (Å²) < 4.78 is 1.81. The molecule has 2 aromatic rings. The number of nitrogens with zero attached hydrogens (tertiary/aromatic N) is 2. The summed E-state index contributed by atoms with van der Waals surface area (Å²) in [6.45, 7) is 4.85. The number of halogens is 1. The molecule has 1 heterocycles. The highest BCUT2D eigenvalue weighted by molar-refractivity contribution is 6.31. The van der Waals surface area contributed by atoms with E-state index in [-0.39, 0.29) is 11.9 Å². The van der Waals surface area contributed by atoms with Gasteiger partial charge in [-0.15, -0.1) is 0 Å². The van der Waals surface area contributed by atoms with Crippen LogP contribution in [-0.4, -0.2) is 15.7 Å². The van der Waals surface area contributed by atoms with E-state index in [0.29, 0.717) is 5.15 Å². The molecule has 0 spiro atoms. The minimum Gasteiger partial charge on any atom is -0.346 e. The van der Waals surface area contributed by atoms with Crippen LogP contribution in [0.3, 0.4) is 0 Å². The molecule has 25 heavy (non-hydrogen) atoms. The van der Waals surface area contributed by atoms with Gasteiger partial charge in [0.2, 0.25) is 5.91 Å². The third-order valence-corrected chi connectivity index (χ3v) is 5.08. The fourth-order valence-electron chi connectivity index (χ4n) is 3.30. The van der Waals surface area contributed by atoms with Gasteiger partial charge in [0.25, 0.3) is 0 Å². The van der Waals surface area contributed by atoms with E-state index in [9.17, 15) is 4.79 Å². The van der Waals surface area contributed by atoms with E-state index in [1.807, 2.05) is 23.7 Å². The van der Waals surface area contributed by atoms with Crippen LogP contribution in [-0.2, 0) is 17.8 Å². The van der Waals surface area contributed by atoms with Crippen LogP contribution >= 0.6 is 11.6 Å². The first kappa shape index (κ1) is 17.7. The zero-order valence-corrected chi connectivity index (χ0v) is 15.5. The zero-order chi connectivity index (χ0) is 17.8. The Bertz CT molecular complexity index is 794. The van der Waals surface area contributed by atoms with Crippen molar-refractivity contribution in [2.75, 3.05) is 0 Å². The van der Waals surface area contributed by atoms with Crippen LogP contribution in [0, 0.1) is 6.92 Å². The highest BCUT2D eigenvalue weighted by Crippen LogP contribution is 2.30. The Morgan fingerprint density at radius 2 is 2.24 bits per heavy atom. The molecule has 1 aliphatic carbocycles. The summed E-state index contributed by atoms with van der Waals surface area (Å²) in [5.74, 6) is -0.0986. The summed E-state index contributed by atoms with van der Waals surface area (Å²) in [6.07, 6.45) is 7.41. The van der Waals surface area contributed by atoms with Crippen molar-refractivity contribution in [2.24, 2.45) is 0 Å². The summed E-state index contributed by atoms with van der Waals surface area (Å²) in [6, 6.07) is 8.38. The van der Waals surface area contributed by atoms with Gasteiger partial charge in [-0.1, -0.05) is 49.2 Å². The predicted molar refractivity (Wildman–Crippen MR) is 102 cm³/mol. The number of nitrogens with one attached hydrogen (secondary N) is 1. The van der Waals surface area contributed by atoms with E-state index in [1.165, 1.54) is 11.1 Å². The van der Waals surface area contributed by atoms with E-state index < -0.39 is 0 Å². The van der Waals surface area contributed by atoms with E-state index in [2.05, 4.69) is 29.5 Å². The second kappa shape index (κ2) is 7.87. The fourth-order valence-corrected chi connectivity index (χ4v) is 3.62. The molecular weight excluding hydrogens is 334 g/mol. The molecule has 1 aromatic heterocycles. The molecule has 132 valence electrons. The van der Waals surface area contributed by atoms with Crippen LogP contribution in [0.25, 0.3) is 6.08 Å². The SMILES string of the molecule is CCCCn1nc(C)c(/C=C/C(=O)NC2CCc3ccccc32)c1Cl. The van der Waals surface area contributed by atoms with Crippen LogP contribution in [0.1, 0.15) is 54.6 Å². The maximum Gasteiger partial charge on any atom is 0.244 e. The molecule has 1 amide bonds. The van der Waals surface area contributed by atoms with Crippen molar-refractivity contribution in [3.63, 3.8) is 0 Å². The molecule has 0 bridgehead atoms. The van der Waals surface area contributed by atoms with Gasteiger partial charge in [0, 0.05) is 18.2 Å². The standard InChI is InChI=1S/C20H24ClN3O/c1-3-4-13-24-20(21)16(14(2)23-24)10-12-19(25)22-18-11-9-15-7-5-6-8-17(15)18/h5-8,10,12,18H,3-4,9,11,13H2,1-2H3,(H,22,25)/b12-10+. The molecule has 0 saturated carbocycles. The number of carbonyl (C=O) groups is 1. The van der Waals surface area contributed by atoms with Gasteiger partial charge in [0.1, 0.15) is 5.15 Å². The van der Waals surface area contributed by atoms with E-state index in [0.717, 1.165) is 43.5 Å². The van der Waals surface area contributed by atoms with Crippen LogP contribution in [0.4, 0.5) is 0 Å². The van der Waals surface area contributed by atoms with Gasteiger partial charge in [0.05, 0.1) is 11.7 Å². The van der Waals surface area contributed by atoms with E-state index in [4.69, 9.17) is 11.6 Å². The highest BCUT2D eigenvalue weighted by Gasteiger charge is 2.22. The number of rotatable bonds is 6. The summed E-state index contributed by atoms with van der Waals surface area (Å²) >= 11 is 6.40. The molecule has 1 aromatic carbocycles. The number of aromatic nitrogens is 2. The summed E-state index contributed by atoms with van der Waals surface area (Å²) in [7, 11) is 0. The molecule has 5 heteroatoms. The quantitative estimate of drug-likeness (QED) is 0.776. The number of aryl methyl sites for hydroxylation is 3. The average Bonchev–Trinajstić information content (AvgIpc) is 3.13. The van der Waals surface area contributed by atoms with Crippen LogP contribution in [0.15, 0.2) is 30.3 Å². The molecule has 0 radical (unpaired) electrons. The Morgan fingerprint density at radius 1 is 1.44 bits per heavy atom. The average molecular weight is 358 g/mol. The molecule has 0 fully saturated rings. The van der Waals surface area contributed by atoms with Crippen molar-refractivity contribution >= 4 is 23.6 Å². The van der Waals surface area contributed by atoms with Crippen molar-refractivity contribution < 1.29 is 4.79 Å². The molecule has 1 N–H and O–H groups in total. The number of fused-ring (bicyclic) bond motifs is 1. The number of amides is 1. The monoisotopic (exact) mass is 357 g/mol. The Labute approximate surface area is 153 Å². The first-order chi connectivity index (χ1) is 12.1. The van der Waals surface area contributed by atoms with Crippen molar-refractivity contribution in [3.8, 4) is 0 Å². The number of unbranched alkanes of at least 4 members (excludes halogenated alkanes) is 1. The van der Waals surface area contributed by atoms with E-state index >= 15 is 0 Å². The number of carbonyl (C=O) groups excluding carboxylic acids is 1. The smallest absolute Gasteiger partial charge is 0.244 e. The summed E-state index contributed by atoms with van der Waals surface area (Å²) in [5, 5.41) is 8.15. The van der Waals surface area contributed by atoms with Crippen LogP contribution in [0.2, 0.25) is 5.15 Å². The first-order valence-corrected chi connectivity index (χ1v) is 9.27. The minimum atomic E-state index is -0.0986. The molecule has 1 aliphatic rings. The normalized spacial score (nSPS) is 16.4. The maximum absolute atomic E-state index is 12.3. The topological polar surface area (TPSA) is 46.9 Å². The first-order valence-electron chi connectivity index (χ1n) is 8.89. The molecule has 0 aliphatic heterocycles. The van der Waals surface area contributed by atoms with Gasteiger partial charge >= 0.3 is 0 Å². The highest BCUT2D eigenvalue weighted by atomic mass is 35.5. The molecule has 4 nitrogen and oxygen atoms in total. The third-order valence-electron chi connectivity index (χ3n) is 4.68. The molecule has 3 rings (SSSR count). The van der Waals surface area contributed by atoms with Crippen molar-refractivity contribution in [1.82, 2.24) is 15.1 Å². The molecule has 1 unspecified atom stereocenters. The second-order valence-electron chi connectivity index (χ2n) is 6.50. The van der Waals surface area contributed by atoms with Crippen molar-refractivity contribution in [1.29, 1.82) is 0 Å². The molecule has 0 saturated heterocycles. The second-order valence-corrected chi connectivity index (χ2v) is 6.86. The lowest BCUT2D eigenvalue weighted by molar-refractivity contribution is -0.117. The lowest BCUT2D eigenvalue weighted by Gasteiger charge is -2.12.